The van der Waals surface area contributed by atoms with E-state index in [0.29, 0.717) is 18.2 Å². The molecule has 2 aromatic rings. The number of ether oxygens (including phenoxy) is 1. The third-order valence-electron chi connectivity index (χ3n) is 6.30. The highest BCUT2D eigenvalue weighted by Crippen LogP contribution is 2.40. The molecule has 5 heteroatoms. The molecule has 1 saturated heterocycles. The largest absolute Gasteiger partial charge is 0.507 e. The van der Waals surface area contributed by atoms with E-state index in [4.69, 9.17) is 10.5 Å². The van der Waals surface area contributed by atoms with Gasteiger partial charge in [-0.15, -0.1) is 0 Å². The zero-order valence-electron chi connectivity index (χ0n) is 16.4. The van der Waals surface area contributed by atoms with Gasteiger partial charge >= 0.3 is 0 Å². The van der Waals surface area contributed by atoms with Crippen molar-refractivity contribution in [2.24, 2.45) is 11.7 Å². The Morgan fingerprint density at radius 3 is 2.54 bits per heavy atom. The molecule has 4 rings (SSSR count). The van der Waals surface area contributed by atoms with Gasteiger partial charge in [0, 0.05) is 25.1 Å². The maximum atomic E-state index is 13.1. The Hall–Kier alpha value is -1.95. The lowest BCUT2D eigenvalue weighted by Gasteiger charge is -2.40. The molecule has 0 aromatic heterocycles. The fourth-order valence-corrected chi connectivity index (χ4v) is 4.61. The van der Waals surface area contributed by atoms with Crippen LogP contribution in [0.5, 0.6) is 5.75 Å². The number of nitrogens with two attached hydrogens (primary N) is 1. The summed E-state index contributed by atoms with van der Waals surface area (Å²) in [5, 5.41) is 10.6. The van der Waals surface area contributed by atoms with Crippen molar-refractivity contribution in [3.05, 3.63) is 64.5 Å². The van der Waals surface area contributed by atoms with Gasteiger partial charge in [-0.2, -0.15) is 0 Å². The van der Waals surface area contributed by atoms with E-state index in [-0.39, 0.29) is 18.0 Å². The second kappa shape index (κ2) is 8.19. The molecule has 2 aliphatic heterocycles. The third kappa shape index (κ3) is 3.93. The fourth-order valence-electron chi connectivity index (χ4n) is 4.61. The standard InChI is InChI=1S/C23H29FN2O2/c1-15-2-7-19-20(23(15)27)12-21(28-22(19)13-25)17-8-10-26(11-9-17)14-16-3-5-18(24)6-4-16/h2-7,17,21-22,27H,8-14,25H2,1H3. The van der Waals surface area contributed by atoms with E-state index < -0.39 is 0 Å². The Morgan fingerprint density at radius 1 is 1.14 bits per heavy atom. The van der Waals surface area contributed by atoms with Crippen LogP contribution < -0.4 is 5.73 Å². The van der Waals surface area contributed by atoms with Crippen LogP contribution in [0.4, 0.5) is 4.39 Å². The van der Waals surface area contributed by atoms with Crippen LogP contribution in [-0.4, -0.2) is 35.7 Å². The fraction of sp³-hybridized carbons (Fsp3) is 0.478. The van der Waals surface area contributed by atoms with Gasteiger partial charge < -0.3 is 15.6 Å². The highest BCUT2D eigenvalue weighted by molar-refractivity contribution is 5.47. The number of phenols is 1. The van der Waals surface area contributed by atoms with E-state index in [1.54, 1.807) is 0 Å². The molecule has 2 heterocycles. The molecule has 2 atom stereocenters. The smallest absolute Gasteiger partial charge is 0.123 e. The molecule has 4 nitrogen and oxygen atoms in total. The monoisotopic (exact) mass is 384 g/mol. The van der Waals surface area contributed by atoms with Crippen molar-refractivity contribution in [2.75, 3.05) is 19.6 Å². The van der Waals surface area contributed by atoms with E-state index in [1.807, 2.05) is 31.2 Å². The Morgan fingerprint density at radius 2 is 1.86 bits per heavy atom. The van der Waals surface area contributed by atoms with E-state index in [0.717, 1.165) is 61.2 Å². The summed E-state index contributed by atoms with van der Waals surface area (Å²) >= 11 is 0. The van der Waals surface area contributed by atoms with Crippen molar-refractivity contribution in [2.45, 2.75) is 44.9 Å². The number of benzene rings is 2. The molecule has 0 saturated carbocycles. The number of likely N-dealkylation sites (tertiary alicyclic amines) is 1. The van der Waals surface area contributed by atoms with Gasteiger partial charge in [0.2, 0.25) is 0 Å². The summed E-state index contributed by atoms with van der Waals surface area (Å²) in [6, 6.07) is 10.8. The number of nitrogens with zero attached hydrogens (tertiary/aromatic N) is 1. The summed E-state index contributed by atoms with van der Waals surface area (Å²) in [6.45, 7) is 5.22. The number of rotatable bonds is 4. The van der Waals surface area contributed by atoms with E-state index in [9.17, 15) is 9.50 Å². The number of fused-ring (bicyclic) bond motifs is 1. The zero-order chi connectivity index (χ0) is 19.7. The van der Waals surface area contributed by atoms with Crippen LogP contribution in [0.3, 0.4) is 0 Å². The van der Waals surface area contributed by atoms with Crippen LogP contribution in [0.1, 0.15) is 41.2 Å². The van der Waals surface area contributed by atoms with Crippen molar-refractivity contribution in [3.63, 3.8) is 0 Å². The van der Waals surface area contributed by atoms with Gasteiger partial charge in [0.05, 0.1) is 12.2 Å². The minimum atomic E-state index is -0.190. The van der Waals surface area contributed by atoms with Crippen molar-refractivity contribution < 1.29 is 14.2 Å². The second-order valence-corrected chi connectivity index (χ2v) is 8.14. The lowest BCUT2D eigenvalue weighted by molar-refractivity contribution is -0.0651. The van der Waals surface area contributed by atoms with Gasteiger partial charge in [-0.05, 0) is 67.6 Å². The quantitative estimate of drug-likeness (QED) is 0.844. The molecule has 0 spiro atoms. The highest BCUT2D eigenvalue weighted by atomic mass is 19.1. The van der Waals surface area contributed by atoms with E-state index >= 15 is 0 Å². The summed E-state index contributed by atoms with van der Waals surface area (Å²) in [6.07, 6.45) is 2.83. The number of hydrogen-bond donors (Lipinski definition) is 2. The Bertz CT molecular complexity index is 816. The van der Waals surface area contributed by atoms with Gasteiger partial charge in [-0.1, -0.05) is 24.3 Å². The van der Waals surface area contributed by atoms with Crippen molar-refractivity contribution in [1.29, 1.82) is 0 Å². The van der Waals surface area contributed by atoms with Gasteiger partial charge in [0.25, 0.3) is 0 Å². The third-order valence-corrected chi connectivity index (χ3v) is 6.30. The normalized spacial score (nSPS) is 23.5. The predicted octanol–water partition coefficient (Wildman–Crippen LogP) is 3.69. The lowest BCUT2D eigenvalue weighted by Crippen LogP contribution is -2.41. The molecule has 0 amide bonds. The minimum absolute atomic E-state index is 0.0988. The minimum Gasteiger partial charge on any atom is -0.507 e. The first-order valence-electron chi connectivity index (χ1n) is 10.2. The summed E-state index contributed by atoms with van der Waals surface area (Å²) in [5.41, 5.74) is 10.1. The maximum Gasteiger partial charge on any atom is 0.123 e. The molecule has 150 valence electrons. The summed E-state index contributed by atoms with van der Waals surface area (Å²) in [5.74, 6) is 0.676. The van der Waals surface area contributed by atoms with Gasteiger partial charge in [-0.25, -0.2) is 4.39 Å². The van der Waals surface area contributed by atoms with Crippen molar-refractivity contribution in [3.8, 4) is 5.75 Å². The first-order chi connectivity index (χ1) is 13.5. The second-order valence-electron chi connectivity index (χ2n) is 8.14. The van der Waals surface area contributed by atoms with Crippen LogP contribution >= 0.6 is 0 Å². The van der Waals surface area contributed by atoms with Crippen LogP contribution in [0.25, 0.3) is 0 Å². The van der Waals surface area contributed by atoms with Gasteiger partial charge in [0.1, 0.15) is 11.6 Å². The van der Waals surface area contributed by atoms with Crippen molar-refractivity contribution in [1.82, 2.24) is 4.90 Å². The number of aromatic hydroxyl groups is 1. The van der Waals surface area contributed by atoms with Crippen molar-refractivity contribution >= 4 is 0 Å². The SMILES string of the molecule is Cc1ccc2c(c1O)CC(C1CCN(Cc3ccc(F)cc3)CC1)OC2CN. The Labute approximate surface area is 166 Å². The maximum absolute atomic E-state index is 13.1. The number of phenolic OH excluding ortho intramolecular Hbond substituents is 1. The van der Waals surface area contributed by atoms with Crippen LogP contribution in [0.15, 0.2) is 36.4 Å². The molecule has 28 heavy (non-hydrogen) atoms. The molecule has 0 bridgehead atoms. The summed E-state index contributed by atoms with van der Waals surface area (Å²) in [4.78, 5) is 2.42. The first kappa shape index (κ1) is 19.4. The average molecular weight is 384 g/mol. The van der Waals surface area contributed by atoms with Gasteiger partial charge in [-0.3, -0.25) is 4.90 Å². The van der Waals surface area contributed by atoms with Crippen LogP contribution in [0.2, 0.25) is 0 Å². The highest BCUT2D eigenvalue weighted by Gasteiger charge is 2.35. The molecule has 0 radical (unpaired) electrons. The predicted molar refractivity (Wildman–Crippen MR) is 108 cm³/mol. The van der Waals surface area contributed by atoms with Gasteiger partial charge in [0.15, 0.2) is 0 Å². The molecule has 3 N–H and O–H groups in total. The topological polar surface area (TPSA) is 58.7 Å². The molecular formula is C23H29FN2O2. The Kier molecular flexibility index (Phi) is 5.67. The summed E-state index contributed by atoms with van der Waals surface area (Å²) < 4.78 is 19.5. The van der Waals surface area contributed by atoms with E-state index in [1.165, 1.54) is 12.1 Å². The first-order valence-corrected chi connectivity index (χ1v) is 10.2. The molecule has 1 fully saturated rings. The van der Waals surface area contributed by atoms with E-state index in [2.05, 4.69) is 4.90 Å². The van der Waals surface area contributed by atoms with Crippen LogP contribution in [0, 0.1) is 18.7 Å². The molecular weight excluding hydrogens is 355 g/mol. The lowest BCUT2D eigenvalue weighted by atomic mass is 9.83. The number of aryl methyl sites for hydroxylation is 1. The number of hydrogen-bond acceptors (Lipinski definition) is 4. The molecule has 2 aromatic carbocycles. The average Bonchev–Trinajstić information content (AvgIpc) is 2.72. The summed E-state index contributed by atoms with van der Waals surface area (Å²) in [7, 11) is 0. The zero-order valence-corrected chi connectivity index (χ0v) is 16.4. The number of piperidine rings is 1. The molecule has 0 aliphatic carbocycles. The Balaban J connectivity index is 1.40. The molecule has 2 unspecified atom stereocenters. The van der Waals surface area contributed by atoms with Crippen LogP contribution in [-0.2, 0) is 17.7 Å². The molecule has 2 aliphatic rings. The number of halogens is 1.